The van der Waals surface area contributed by atoms with Crippen LogP contribution in [-0.4, -0.2) is 49.3 Å². The van der Waals surface area contributed by atoms with Crippen LogP contribution in [0.3, 0.4) is 0 Å². The van der Waals surface area contributed by atoms with Gasteiger partial charge in [-0.05, 0) is 47.5 Å². The van der Waals surface area contributed by atoms with E-state index in [-0.39, 0.29) is 17.3 Å². The summed E-state index contributed by atoms with van der Waals surface area (Å²) < 4.78 is 0. The fraction of sp³-hybridized carbons (Fsp3) is 0.174. The van der Waals surface area contributed by atoms with Crippen LogP contribution in [0.2, 0.25) is 0 Å². The lowest BCUT2D eigenvalue weighted by Crippen LogP contribution is -2.08. The maximum atomic E-state index is 12.0. The van der Waals surface area contributed by atoms with Crippen LogP contribution >= 0.6 is 0 Å². The van der Waals surface area contributed by atoms with Gasteiger partial charge in [0.05, 0.1) is 11.4 Å². The van der Waals surface area contributed by atoms with Crippen molar-refractivity contribution in [2.45, 2.75) is 0 Å². The van der Waals surface area contributed by atoms with Crippen LogP contribution in [0.25, 0.3) is 12.2 Å². The summed E-state index contributed by atoms with van der Waals surface area (Å²) in [6.45, 7) is 0. The lowest BCUT2D eigenvalue weighted by atomic mass is 10.1. The molecule has 0 aromatic heterocycles. The van der Waals surface area contributed by atoms with Gasteiger partial charge in [-0.3, -0.25) is 4.79 Å². The van der Waals surface area contributed by atoms with Gasteiger partial charge < -0.3 is 25.1 Å². The molecular formula is C23H26N2O4. The number of aliphatic hydroxyl groups is 1. The molecule has 3 N–H and O–H groups in total. The number of hydrogen-bond donors (Lipinski definition) is 3. The van der Waals surface area contributed by atoms with Gasteiger partial charge in [-0.25, -0.2) is 0 Å². The number of aromatic hydroxyl groups is 2. The van der Waals surface area contributed by atoms with Gasteiger partial charge in [-0.1, -0.05) is 24.3 Å². The largest absolute Gasteiger partial charge is 0.508 e. The first-order chi connectivity index (χ1) is 13.7. The van der Waals surface area contributed by atoms with E-state index in [4.69, 9.17) is 0 Å². The number of ketones is 1. The van der Waals surface area contributed by atoms with Crippen molar-refractivity contribution in [2.24, 2.45) is 0 Å². The van der Waals surface area contributed by atoms with E-state index >= 15 is 0 Å². The molecule has 0 spiro atoms. The predicted molar refractivity (Wildman–Crippen MR) is 119 cm³/mol. The maximum absolute atomic E-state index is 12.0. The third-order valence-electron chi connectivity index (χ3n) is 4.14. The summed E-state index contributed by atoms with van der Waals surface area (Å²) in [6.07, 6.45) is 6.95. The Hall–Kier alpha value is -3.67. The van der Waals surface area contributed by atoms with Crippen LogP contribution in [0.5, 0.6) is 11.5 Å². The molecule has 0 bridgehead atoms. The number of phenols is 2. The Labute approximate surface area is 170 Å². The third kappa shape index (κ3) is 6.17. The first kappa shape index (κ1) is 21.6. The van der Waals surface area contributed by atoms with Crippen LogP contribution in [0.1, 0.15) is 11.1 Å². The first-order valence-corrected chi connectivity index (χ1v) is 8.99. The van der Waals surface area contributed by atoms with E-state index in [1.54, 1.807) is 58.4 Å². The van der Waals surface area contributed by atoms with Gasteiger partial charge >= 0.3 is 0 Å². The van der Waals surface area contributed by atoms with E-state index in [2.05, 4.69) is 0 Å². The molecule has 0 fully saturated rings. The average molecular weight is 394 g/mol. The van der Waals surface area contributed by atoms with Crippen LogP contribution in [-0.2, 0) is 4.79 Å². The number of hydrogen-bond acceptors (Lipinski definition) is 6. The zero-order chi connectivity index (χ0) is 21.6. The van der Waals surface area contributed by atoms with Crippen molar-refractivity contribution in [3.05, 3.63) is 71.5 Å². The molecule has 0 heterocycles. The Balaban J connectivity index is 2.05. The lowest BCUT2D eigenvalue weighted by molar-refractivity contribution is -0.110. The molecule has 0 saturated carbocycles. The third-order valence-corrected chi connectivity index (χ3v) is 4.14. The fourth-order valence-corrected chi connectivity index (χ4v) is 2.65. The number of carbonyl (C=O) groups excluding carboxylic acids is 1. The Morgan fingerprint density at radius 1 is 0.793 bits per heavy atom. The van der Waals surface area contributed by atoms with Gasteiger partial charge in [-0.15, -0.1) is 0 Å². The van der Waals surface area contributed by atoms with Crippen molar-refractivity contribution in [1.82, 2.24) is 0 Å². The summed E-state index contributed by atoms with van der Waals surface area (Å²) in [7, 11) is 7.31. The second-order valence-electron chi connectivity index (χ2n) is 6.92. The van der Waals surface area contributed by atoms with E-state index in [1.165, 1.54) is 12.2 Å². The summed E-state index contributed by atoms with van der Waals surface area (Å²) in [4.78, 5) is 15.6. The smallest absolute Gasteiger partial charge is 0.182 e. The number of rotatable bonds is 7. The maximum Gasteiger partial charge on any atom is 0.182 e. The number of aliphatic hydroxyl groups excluding tert-OH is 1. The SMILES string of the molecule is CN(C)c1ccc(/C=C/C(=O)C=C(O)/C=C/c2ccc(N(C)C)c(O)c2)cc1O. The van der Waals surface area contributed by atoms with Crippen LogP contribution in [0, 0.1) is 0 Å². The molecular weight excluding hydrogens is 368 g/mol. The number of nitrogens with zero attached hydrogens (tertiary/aromatic N) is 2. The average Bonchev–Trinajstić information content (AvgIpc) is 2.64. The van der Waals surface area contributed by atoms with Gasteiger partial charge in [0.25, 0.3) is 0 Å². The molecule has 152 valence electrons. The zero-order valence-corrected chi connectivity index (χ0v) is 17.0. The lowest BCUT2D eigenvalue weighted by Gasteiger charge is -2.14. The van der Waals surface area contributed by atoms with E-state index in [0.29, 0.717) is 22.5 Å². The second kappa shape index (κ2) is 9.50. The molecule has 0 aliphatic rings. The Bertz CT molecular complexity index is 973. The van der Waals surface area contributed by atoms with Crippen molar-refractivity contribution in [1.29, 1.82) is 0 Å². The minimum atomic E-state index is -0.394. The van der Waals surface area contributed by atoms with E-state index in [9.17, 15) is 20.1 Å². The summed E-state index contributed by atoms with van der Waals surface area (Å²) in [6, 6.07) is 10.2. The molecule has 2 aromatic rings. The van der Waals surface area contributed by atoms with Gasteiger partial charge in [0.2, 0.25) is 0 Å². The molecule has 0 atom stereocenters. The van der Waals surface area contributed by atoms with E-state index in [1.807, 2.05) is 28.2 Å². The van der Waals surface area contributed by atoms with Crippen molar-refractivity contribution >= 4 is 29.3 Å². The number of allylic oxidation sites excluding steroid dienone is 3. The minimum Gasteiger partial charge on any atom is -0.508 e. The fourth-order valence-electron chi connectivity index (χ4n) is 2.65. The highest BCUT2D eigenvalue weighted by atomic mass is 16.3. The zero-order valence-electron chi connectivity index (χ0n) is 17.0. The molecule has 0 radical (unpaired) electrons. The molecule has 2 aromatic carbocycles. The van der Waals surface area contributed by atoms with Crippen molar-refractivity contribution in [2.75, 3.05) is 38.0 Å². The second-order valence-corrected chi connectivity index (χ2v) is 6.92. The van der Waals surface area contributed by atoms with Gasteiger partial charge in [0.15, 0.2) is 5.78 Å². The Morgan fingerprint density at radius 3 is 1.66 bits per heavy atom. The highest BCUT2D eigenvalue weighted by molar-refractivity contribution is 6.02. The van der Waals surface area contributed by atoms with Crippen LogP contribution < -0.4 is 9.80 Å². The molecule has 6 heteroatoms. The topological polar surface area (TPSA) is 84.2 Å². The summed E-state index contributed by atoms with van der Waals surface area (Å²) in [5, 5.41) is 29.9. The Kier molecular flexibility index (Phi) is 7.09. The number of phenolic OH excluding ortho intramolecular Hbond substituents is 2. The molecule has 0 saturated heterocycles. The molecule has 6 nitrogen and oxygen atoms in total. The number of anilines is 2. The van der Waals surface area contributed by atoms with E-state index < -0.39 is 5.78 Å². The van der Waals surface area contributed by atoms with Crippen LogP contribution in [0.15, 0.2) is 60.4 Å². The molecule has 2 rings (SSSR count). The van der Waals surface area contributed by atoms with Gasteiger partial charge in [0.1, 0.15) is 17.3 Å². The first-order valence-electron chi connectivity index (χ1n) is 8.99. The quantitative estimate of drug-likeness (QED) is 0.374. The minimum absolute atomic E-state index is 0.120. The predicted octanol–water partition coefficient (Wildman–Crippen LogP) is 3.97. The molecule has 0 aliphatic carbocycles. The summed E-state index contributed by atoms with van der Waals surface area (Å²) >= 11 is 0. The molecule has 0 amide bonds. The van der Waals surface area contributed by atoms with Crippen LogP contribution in [0.4, 0.5) is 11.4 Å². The monoisotopic (exact) mass is 394 g/mol. The Morgan fingerprint density at radius 2 is 1.24 bits per heavy atom. The standard InChI is InChI=1S/C23H26N2O4/c1-24(2)20-11-7-16(13-22(20)28)5-9-18(26)15-19(27)10-6-17-8-12-21(25(3)4)23(29)14-17/h5-15,26,28-29H,1-4H3/b9-5+,10-6+,18-15?. The number of benzene rings is 2. The van der Waals surface area contributed by atoms with Crippen molar-refractivity contribution in [3.8, 4) is 11.5 Å². The highest BCUT2D eigenvalue weighted by Crippen LogP contribution is 2.28. The van der Waals surface area contributed by atoms with Crippen molar-refractivity contribution in [3.63, 3.8) is 0 Å². The molecule has 0 unspecified atom stereocenters. The normalized spacial score (nSPS) is 11.9. The molecule has 0 aliphatic heterocycles. The van der Waals surface area contributed by atoms with Crippen molar-refractivity contribution < 1.29 is 20.1 Å². The molecule has 29 heavy (non-hydrogen) atoms. The van der Waals surface area contributed by atoms with Gasteiger partial charge in [-0.2, -0.15) is 0 Å². The van der Waals surface area contributed by atoms with Gasteiger partial charge in [0, 0.05) is 34.3 Å². The van der Waals surface area contributed by atoms with E-state index in [0.717, 1.165) is 6.08 Å². The highest BCUT2D eigenvalue weighted by Gasteiger charge is 2.04. The summed E-state index contributed by atoms with van der Waals surface area (Å²) in [5.74, 6) is -0.353. The summed E-state index contributed by atoms with van der Waals surface area (Å²) in [5.41, 5.74) is 2.72. The number of carbonyl (C=O) groups is 1.